The number of anilines is 1. The van der Waals surface area contributed by atoms with E-state index >= 15 is 0 Å². The number of carbonyl (C=O) groups is 1. The van der Waals surface area contributed by atoms with Crippen LogP contribution in [-0.4, -0.2) is 46.3 Å². The molecular formula is C17H14ClN9O. The van der Waals surface area contributed by atoms with E-state index < -0.39 is 0 Å². The van der Waals surface area contributed by atoms with Gasteiger partial charge in [-0.15, -0.1) is 15.3 Å². The van der Waals surface area contributed by atoms with E-state index in [1.807, 2.05) is 25.1 Å². The third-order valence-corrected chi connectivity index (χ3v) is 4.11. The maximum Gasteiger partial charge on any atom is 0.248 e. The minimum atomic E-state index is -0.282. The van der Waals surface area contributed by atoms with E-state index in [1.165, 1.54) is 15.8 Å². The van der Waals surface area contributed by atoms with Gasteiger partial charge in [0.2, 0.25) is 11.7 Å². The molecule has 0 bridgehead atoms. The van der Waals surface area contributed by atoms with Crippen LogP contribution in [0.3, 0.4) is 0 Å². The van der Waals surface area contributed by atoms with Gasteiger partial charge in [-0.25, -0.2) is 0 Å². The summed E-state index contributed by atoms with van der Waals surface area (Å²) < 4.78 is 1.52. The van der Waals surface area contributed by atoms with Crippen molar-refractivity contribution >= 4 is 23.2 Å². The molecule has 2 aromatic carbocycles. The summed E-state index contributed by atoms with van der Waals surface area (Å²) >= 11 is 5.84. The van der Waals surface area contributed by atoms with Crippen molar-refractivity contribution in [2.75, 3.05) is 5.32 Å². The van der Waals surface area contributed by atoms with Crippen molar-refractivity contribution in [1.29, 1.82) is 0 Å². The van der Waals surface area contributed by atoms with Crippen LogP contribution in [-0.2, 0) is 11.3 Å². The molecule has 11 heteroatoms. The molecule has 0 aliphatic carbocycles. The third-order valence-electron chi connectivity index (χ3n) is 3.86. The summed E-state index contributed by atoms with van der Waals surface area (Å²) in [6.45, 7) is 1.88. The third kappa shape index (κ3) is 3.86. The Bertz CT molecular complexity index is 1110. The molecule has 140 valence electrons. The zero-order chi connectivity index (χ0) is 19.5. The molecule has 1 N–H and O–H groups in total. The Balaban J connectivity index is 1.53. The van der Waals surface area contributed by atoms with Crippen LogP contribution in [0.25, 0.3) is 17.1 Å². The predicted molar refractivity (Wildman–Crippen MR) is 101 cm³/mol. The molecule has 1 amide bonds. The van der Waals surface area contributed by atoms with Crippen LogP contribution in [0.4, 0.5) is 5.69 Å². The molecule has 4 aromatic rings. The number of hydrogen-bond acceptors (Lipinski definition) is 7. The highest BCUT2D eigenvalue weighted by atomic mass is 35.5. The van der Waals surface area contributed by atoms with Gasteiger partial charge in [0.1, 0.15) is 12.9 Å². The number of aromatic nitrogens is 8. The highest BCUT2D eigenvalue weighted by Gasteiger charge is 2.15. The first kappa shape index (κ1) is 17.7. The quantitative estimate of drug-likeness (QED) is 0.548. The molecule has 0 unspecified atom stereocenters. The number of halogens is 1. The van der Waals surface area contributed by atoms with Crippen molar-refractivity contribution < 1.29 is 4.79 Å². The Morgan fingerprint density at radius 1 is 1.14 bits per heavy atom. The first-order chi connectivity index (χ1) is 13.6. The Morgan fingerprint density at radius 3 is 2.71 bits per heavy atom. The minimum Gasteiger partial charge on any atom is -0.324 e. The van der Waals surface area contributed by atoms with Gasteiger partial charge in [-0.3, -0.25) is 4.79 Å². The molecule has 0 saturated carbocycles. The topological polar surface area (TPSA) is 116 Å². The van der Waals surface area contributed by atoms with Crippen LogP contribution in [0.2, 0.25) is 5.02 Å². The number of carbonyl (C=O) groups excluding carboxylic acids is 1. The molecule has 0 fully saturated rings. The standard InChI is InChI=1S/C17H14ClN9O/c1-11-2-7-14(15(8-11)26-10-19-23-25-26)17-21-24-27(22-17)9-16(28)20-13-5-3-12(18)4-6-13/h2-8,10H,9H2,1H3,(H,20,28). The lowest BCUT2D eigenvalue weighted by Crippen LogP contribution is -2.20. The fraction of sp³-hybridized carbons (Fsp3) is 0.118. The fourth-order valence-corrected chi connectivity index (χ4v) is 2.70. The Labute approximate surface area is 164 Å². The fourth-order valence-electron chi connectivity index (χ4n) is 2.57. The van der Waals surface area contributed by atoms with E-state index in [9.17, 15) is 4.79 Å². The van der Waals surface area contributed by atoms with Gasteiger partial charge in [0.15, 0.2) is 0 Å². The molecule has 2 aromatic heterocycles. The summed E-state index contributed by atoms with van der Waals surface area (Å²) in [5, 5.41) is 26.9. The number of rotatable bonds is 5. The van der Waals surface area contributed by atoms with Crippen molar-refractivity contribution in [1.82, 2.24) is 40.4 Å². The Hall–Kier alpha value is -3.66. The van der Waals surface area contributed by atoms with Gasteiger partial charge in [0.25, 0.3) is 0 Å². The smallest absolute Gasteiger partial charge is 0.248 e. The molecule has 0 aliphatic heterocycles. The van der Waals surface area contributed by atoms with E-state index in [1.54, 1.807) is 24.3 Å². The van der Waals surface area contributed by atoms with Gasteiger partial charge in [0, 0.05) is 16.3 Å². The maximum absolute atomic E-state index is 12.2. The molecule has 28 heavy (non-hydrogen) atoms. The minimum absolute atomic E-state index is 0.0816. The maximum atomic E-state index is 12.2. The molecule has 0 radical (unpaired) electrons. The van der Waals surface area contributed by atoms with Crippen LogP contribution < -0.4 is 5.32 Å². The first-order valence-electron chi connectivity index (χ1n) is 8.26. The normalized spacial score (nSPS) is 10.8. The van der Waals surface area contributed by atoms with Gasteiger partial charge in [-0.2, -0.15) is 9.48 Å². The van der Waals surface area contributed by atoms with Gasteiger partial charge in [-0.1, -0.05) is 17.7 Å². The number of amides is 1. The number of nitrogens with zero attached hydrogens (tertiary/aromatic N) is 8. The number of aryl methyl sites for hydroxylation is 1. The van der Waals surface area contributed by atoms with E-state index in [4.69, 9.17) is 11.6 Å². The Morgan fingerprint density at radius 2 is 1.96 bits per heavy atom. The van der Waals surface area contributed by atoms with Gasteiger partial charge < -0.3 is 5.32 Å². The van der Waals surface area contributed by atoms with Crippen LogP contribution in [0.15, 0.2) is 48.8 Å². The average Bonchev–Trinajstić information content (AvgIpc) is 3.36. The van der Waals surface area contributed by atoms with E-state index in [-0.39, 0.29) is 12.5 Å². The predicted octanol–water partition coefficient (Wildman–Crippen LogP) is 1.92. The van der Waals surface area contributed by atoms with Crippen molar-refractivity contribution in [3.63, 3.8) is 0 Å². The van der Waals surface area contributed by atoms with Crippen molar-refractivity contribution in [3.05, 3.63) is 59.4 Å². The van der Waals surface area contributed by atoms with Crippen molar-refractivity contribution in [2.45, 2.75) is 13.5 Å². The monoisotopic (exact) mass is 395 g/mol. The lowest BCUT2D eigenvalue weighted by molar-refractivity contribution is -0.117. The first-order valence-corrected chi connectivity index (χ1v) is 8.64. The van der Waals surface area contributed by atoms with Crippen molar-refractivity contribution in [3.8, 4) is 17.1 Å². The van der Waals surface area contributed by atoms with Crippen molar-refractivity contribution in [2.24, 2.45) is 0 Å². The zero-order valence-electron chi connectivity index (χ0n) is 14.7. The second kappa shape index (κ2) is 7.53. The van der Waals surface area contributed by atoms with E-state index in [0.29, 0.717) is 22.1 Å². The molecule has 10 nitrogen and oxygen atoms in total. The van der Waals surface area contributed by atoms with Gasteiger partial charge >= 0.3 is 0 Å². The van der Waals surface area contributed by atoms with E-state index in [0.717, 1.165) is 11.3 Å². The molecule has 0 saturated heterocycles. The Kier molecular flexibility index (Phi) is 4.77. The second-order valence-electron chi connectivity index (χ2n) is 5.97. The van der Waals surface area contributed by atoms with E-state index in [2.05, 4.69) is 36.3 Å². The summed E-state index contributed by atoms with van der Waals surface area (Å²) in [6.07, 6.45) is 1.49. The summed E-state index contributed by atoms with van der Waals surface area (Å²) in [5.74, 6) is 0.0840. The molecular weight excluding hydrogens is 382 g/mol. The number of nitrogens with one attached hydrogen (secondary N) is 1. The molecule has 0 aliphatic rings. The van der Waals surface area contributed by atoms with Gasteiger partial charge in [0.05, 0.1) is 5.69 Å². The van der Waals surface area contributed by atoms with Crippen LogP contribution in [0.5, 0.6) is 0 Å². The number of tetrazole rings is 2. The highest BCUT2D eigenvalue weighted by molar-refractivity contribution is 6.30. The highest BCUT2D eigenvalue weighted by Crippen LogP contribution is 2.23. The van der Waals surface area contributed by atoms with Gasteiger partial charge in [-0.05, 0) is 64.5 Å². The van der Waals surface area contributed by atoms with Crippen LogP contribution in [0.1, 0.15) is 5.56 Å². The lowest BCUT2D eigenvalue weighted by atomic mass is 10.1. The number of benzene rings is 2. The number of hydrogen-bond donors (Lipinski definition) is 1. The zero-order valence-corrected chi connectivity index (χ0v) is 15.4. The molecule has 4 rings (SSSR count). The SMILES string of the molecule is Cc1ccc(-c2nnn(CC(=O)Nc3ccc(Cl)cc3)n2)c(-n2cnnn2)c1. The molecule has 0 atom stereocenters. The van der Waals surface area contributed by atoms with Crippen LogP contribution in [0, 0.1) is 6.92 Å². The largest absolute Gasteiger partial charge is 0.324 e. The molecule has 2 heterocycles. The summed E-state index contributed by atoms with van der Waals surface area (Å²) in [7, 11) is 0. The lowest BCUT2D eigenvalue weighted by Gasteiger charge is -2.06. The summed E-state index contributed by atoms with van der Waals surface area (Å²) in [5.41, 5.74) is 3.08. The summed E-state index contributed by atoms with van der Waals surface area (Å²) in [4.78, 5) is 13.4. The summed E-state index contributed by atoms with van der Waals surface area (Å²) in [6, 6.07) is 12.5. The second-order valence-corrected chi connectivity index (χ2v) is 6.41. The molecule has 0 spiro atoms. The van der Waals surface area contributed by atoms with Crippen LogP contribution >= 0.6 is 11.6 Å². The average molecular weight is 396 g/mol.